The molecule has 0 aliphatic heterocycles. The Bertz CT molecular complexity index is 809. The molecular weight excluding hydrogens is 340 g/mol. The summed E-state index contributed by atoms with van der Waals surface area (Å²) < 4.78 is 10.1. The van der Waals surface area contributed by atoms with Gasteiger partial charge in [0.1, 0.15) is 6.29 Å². The number of benzene rings is 2. The van der Waals surface area contributed by atoms with E-state index in [1.807, 2.05) is 0 Å². The zero-order valence-corrected chi connectivity index (χ0v) is 13.1. The van der Waals surface area contributed by atoms with Gasteiger partial charge in [0.15, 0.2) is 11.5 Å². The molecule has 0 saturated carbocycles. The molecule has 2 aromatic carbocycles. The molecular formula is C15H11ClN2O6. The maximum Gasteiger partial charge on any atom is 0.417 e. The van der Waals surface area contributed by atoms with Gasteiger partial charge in [0, 0.05) is 17.7 Å². The number of rotatable bonds is 5. The Labute approximate surface area is 141 Å². The van der Waals surface area contributed by atoms with Crippen LogP contribution in [0.25, 0.3) is 0 Å². The Kier molecular flexibility index (Phi) is 5.33. The van der Waals surface area contributed by atoms with E-state index in [0.29, 0.717) is 11.8 Å². The first-order valence-corrected chi connectivity index (χ1v) is 6.88. The van der Waals surface area contributed by atoms with Crippen LogP contribution in [0.1, 0.15) is 10.4 Å². The van der Waals surface area contributed by atoms with E-state index < -0.39 is 11.0 Å². The number of nitro benzene ring substituents is 1. The minimum atomic E-state index is -0.872. The fourth-order valence-electron chi connectivity index (χ4n) is 1.80. The number of non-ortho nitro benzene ring substituents is 1. The molecule has 1 N–H and O–H groups in total. The first-order valence-electron chi connectivity index (χ1n) is 6.50. The van der Waals surface area contributed by atoms with Crippen LogP contribution in [0.3, 0.4) is 0 Å². The number of anilines is 1. The summed E-state index contributed by atoms with van der Waals surface area (Å²) >= 11 is 5.88. The predicted molar refractivity (Wildman–Crippen MR) is 86.1 cm³/mol. The van der Waals surface area contributed by atoms with Crippen molar-refractivity contribution in [2.24, 2.45) is 0 Å². The third kappa shape index (κ3) is 3.99. The molecule has 0 aliphatic rings. The molecule has 124 valence electrons. The normalized spacial score (nSPS) is 9.92. The van der Waals surface area contributed by atoms with Gasteiger partial charge < -0.3 is 9.47 Å². The van der Waals surface area contributed by atoms with E-state index in [-0.39, 0.29) is 27.9 Å². The number of nitrogens with zero attached hydrogens (tertiary/aromatic N) is 1. The number of hydrogen-bond acceptors (Lipinski definition) is 6. The quantitative estimate of drug-likeness (QED) is 0.500. The number of aldehydes is 1. The zero-order valence-electron chi connectivity index (χ0n) is 12.3. The number of amides is 1. The first kappa shape index (κ1) is 17.2. The second-order valence-corrected chi connectivity index (χ2v) is 4.87. The summed E-state index contributed by atoms with van der Waals surface area (Å²) in [5.74, 6) is 0.295. The van der Waals surface area contributed by atoms with E-state index in [4.69, 9.17) is 21.1 Å². The molecule has 0 unspecified atom stereocenters. The highest BCUT2D eigenvalue weighted by Gasteiger charge is 2.14. The van der Waals surface area contributed by atoms with Crippen molar-refractivity contribution in [3.05, 3.63) is 57.1 Å². The molecule has 9 heteroatoms. The van der Waals surface area contributed by atoms with Crippen molar-refractivity contribution in [2.75, 3.05) is 12.4 Å². The van der Waals surface area contributed by atoms with Gasteiger partial charge in [-0.3, -0.25) is 20.2 Å². The Morgan fingerprint density at radius 2 is 2.00 bits per heavy atom. The fraction of sp³-hybridized carbons (Fsp3) is 0.0667. The summed E-state index contributed by atoms with van der Waals surface area (Å²) in [7, 11) is 1.36. The molecule has 1 amide bonds. The van der Waals surface area contributed by atoms with Gasteiger partial charge in [-0.05, 0) is 24.3 Å². The van der Waals surface area contributed by atoms with Crippen LogP contribution in [-0.2, 0) is 0 Å². The molecule has 0 aromatic heterocycles. The molecule has 0 spiro atoms. The molecule has 0 bridgehead atoms. The SMILES string of the molecule is COc1cc(C=O)ccc1OC(=O)Nc1ccc([N+](=O)[O-])cc1Cl. The monoisotopic (exact) mass is 350 g/mol. The molecule has 0 saturated heterocycles. The second-order valence-electron chi connectivity index (χ2n) is 4.46. The smallest absolute Gasteiger partial charge is 0.417 e. The molecule has 0 fully saturated rings. The van der Waals surface area contributed by atoms with Crippen molar-refractivity contribution in [2.45, 2.75) is 0 Å². The number of hydrogen-bond donors (Lipinski definition) is 1. The molecule has 2 aromatic rings. The molecule has 0 radical (unpaired) electrons. The van der Waals surface area contributed by atoms with E-state index in [9.17, 15) is 19.7 Å². The van der Waals surface area contributed by atoms with Crippen LogP contribution in [0, 0.1) is 10.1 Å². The lowest BCUT2D eigenvalue weighted by Gasteiger charge is -2.11. The molecule has 0 atom stereocenters. The third-order valence-electron chi connectivity index (χ3n) is 2.93. The summed E-state index contributed by atoms with van der Waals surface area (Å²) in [5, 5.41) is 13.0. The van der Waals surface area contributed by atoms with Crippen molar-refractivity contribution in [1.82, 2.24) is 0 Å². The highest BCUT2D eigenvalue weighted by atomic mass is 35.5. The number of carbonyl (C=O) groups is 2. The van der Waals surface area contributed by atoms with Crippen molar-refractivity contribution in [1.29, 1.82) is 0 Å². The van der Waals surface area contributed by atoms with Gasteiger partial charge in [-0.15, -0.1) is 0 Å². The van der Waals surface area contributed by atoms with Gasteiger partial charge in [0.25, 0.3) is 5.69 Å². The van der Waals surface area contributed by atoms with Crippen LogP contribution in [0.2, 0.25) is 5.02 Å². The van der Waals surface area contributed by atoms with Crippen LogP contribution in [-0.4, -0.2) is 24.4 Å². The Hall–Kier alpha value is -3.13. The van der Waals surface area contributed by atoms with Crippen molar-refractivity contribution >= 4 is 35.4 Å². The highest BCUT2D eigenvalue weighted by molar-refractivity contribution is 6.33. The first-order chi connectivity index (χ1) is 11.4. The third-order valence-corrected chi connectivity index (χ3v) is 3.24. The summed E-state index contributed by atoms with van der Waals surface area (Å²) in [6.45, 7) is 0. The van der Waals surface area contributed by atoms with Crippen molar-refractivity contribution in [3.63, 3.8) is 0 Å². The van der Waals surface area contributed by atoms with Gasteiger partial charge in [0.2, 0.25) is 0 Å². The highest BCUT2D eigenvalue weighted by Crippen LogP contribution is 2.29. The minimum absolute atomic E-state index is 0.00980. The van der Waals surface area contributed by atoms with Gasteiger partial charge in [0.05, 0.1) is 22.7 Å². The predicted octanol–water partition coefficient (Wildman–Crippen LogP) is 3.68. The standard InChI is InChI=1S/C15H11ClN2O6/c1-23-14-6-9(8-19)2-5-13(14)24-15(20)17-12-4-3-10(18(21)22)7-11(12)16/h2-8H,1H3,(H,17,20). The fourth-order valence-corrected chi connectivity index (χ4v) is 2.02. The Morgan fingerprint density at radius 1 is 1.25 bits per heavy atom. The van der Waals surface area contributed by atoms with Gasteiger partial charge in [-0.2, -0.15) is 0 Å². The van der Waals surface area contributed by atoms with Crippen LogP contribution in [0.5, 0.6) is 11.5 Å². The lowest BCUT2D eigenvalue weighted by molar-refractivity contribution is -0.384. The molecule has 0 aliphatic carbocycles. The van der Waals surface area contributed by atoms with E-state index >= 15 is 0 Å². The molecule has 8 nitrogen and oxygen atoms in total. The maximum absolute atomic E-state index is 11.9. The minimum Gasteiger partial charge on any atom is -0.493 e. The zero-order chi connectivity index (χ0) is 17.7. The van der Waals surface area contributed by atoms with Crippen LogP contribution < -0.4 is 14.8 Å². The number of carbonyl (C=O) groups excluding carboxylic acids is 2. The lowest BCUT2D eigenvalue weighted by Crippen LogP contribution is -2.17. The summed E-state index contributed by atoms with van der Waals surface area (Å²) in [4.78, 5) is 32.7. The number of nitrogens with one attached hydrogen (secondary N) is 1. The number of nitro groups is 1. The van der Waals surface area contributed by atoms with Crippen LogP contribution in [0.15, 0.2) is 36.4 Å². The largest absolute Gasteiger partial charge is 0.493 e. The topological polar surface area (TPSA) is 108 Å². The number of methoxy groups -OCH3 is 1. The van der Waals surface area contributed by atoms with E-state index in [0.717, 1.165) is 6.07 Å². The summed E-state index contributed by atoms with van der Waals surface area (Å²) in [5.41, 5.74) is 0.304. The second kappa shape index (κ2) is 7.42. The van der Waals surface area contributed by atoms with Gasteiger partial charge in [-0.1, -0.05) is 11.6 Å². The number of halogens is 1. The summed E-state index contributed by atoms with van der Waals surface area (Å²) in [6, 6.07) is 7.86. The maximum atomic E-state index is 11.9. The number of ether oxygens (including phenoxy) is 2. The van der Waals surface area contributed by atoms with E-state index in [1.54, 1.807) is 0 Å². The van der Waals surface area contributed by atoms with Crippen molar-refractivity contribution < 1.29 is 24.0 Å². The van der Waals surface area contributed by atoms with Gasteiger partial charge in [-0.25, -0.2) is 4.79 Å². The average Bonchev–Trinajstić information content (AvgIpc) is 2.56. The van der Waals surface area contributed by atoms with Crippen LogP contribution in [0.4, 0.5) is 16.2 Å². The van der Waals surface area contributed by atoms with E-state index in [1.165, 1.54) is 37.4 Å². The Morgan fingerprint density at radius 3 is 2.58 bits per heavy atom. The molecule has 0 heterocycles. The van der Waals surface area contributed by atoms with Gasteiger partial charge >= 0.3 is 6.09 Å². The summed E-state index contributed by atoms with van der Waals surface area (Å²) in [6.07, 6.45) is -0.244. The van der Waals surface area contributed by atoms with Crippen molar-refractivity contribution in [3.8, 4) is 11.5 Å². The molecule has 2 rings (SSSR count). The Balaban J connectivity index is 2.14. The molecule has 24 heavy (non-hydrogen) atoms. The average molecular weight is 351 g/mol. The van der Waals surface area contributed by atoms with Crippen LogP contribution >= 0.6 is 11.6 Å². The van der Waals surface area contributed by atoms with E-state index in [2.05, 4.69) is 5.32 Å². The lowest BCUT2D eigenvalue weighted by atomic mass is 10.2.